The van der Waals surface area contributed by atoms with Gasteiger partial charge in [-0.25, -0.2) is 0 Å². The van der Waals surface area contributed by atoms with Crippen molar-refractivity contribution in [2.75, 3.05) is 33.4 Å². The second kappa shape index (κ2) is 7.21. The van der Waals surface area contributed by atoms with Crippen LogP contribution in [0.3, 0.4) is 0 Å². The minimum atomic E-state index is 0.670. The van der Waals surface area contributed by atoms with E-state index in [4.69, 9.17) is 4.74 Å². The van der Waals surface area contributed by atoms with Crippen molar-refractivity contribution in [2.24, 2.45) is 5.92 Å². The van der Waals surface area contributed by atoms with Crippen LogP contribution in [0.5, 0.6) is 0 Å². The van der Waals surface area contributed by atoms with Crippen LogP contribution in [0, 0.1) is 5.92 Å². The van der Waals surface area contributed by atoms with E-state index >= 15 is 0 Å². The lowest BCUT2D eigenvalue weighted by atomic mass is 10.1. The molecule has 84 valence electrons. The maximum absolute atomic E-state index is 5.08. The summed E-state index contributed by atoms with van der Waals surface area (Å²) in [6, 6.07) is 0.837. The van der Waals surface area contributed by atoms with E-state index < -0.39 is 0 Å². The molecule has 0 heterocycles. The van der Waals surface area contributed by atoms with Crippen molar-refractivity contribution in [3.8, 4) is 0 Å². The van der Waals surface area contributed by atoms with Gasteiger partial charge in [-0.3, -0.25) is 0 Å². The maximum Gasteiger partial charge on any atom is 0.0488 e. The fourth-order valence-electron chi connectivity index (χ4n) is 1.49. The predicted molar refractivity (Wildman–Crippen MR) is 59.6 cm³/mol. The van der Waals surface area contributed by atoms with Crippen LogP contribution in [0.25, 0.3) is 0 Å². The average Bonchev–Trinajstić information content (AvgIpc) is 2.95. The Balaban J connectivity index is 1.74. The number of hydrogen-bond acceptors (Lipinski definition) is 3. The first-order chi connectivity index (χ1) is 6.83. The van der Waals surface area contributed by atoms with Crippen molar-refractivity contribution >= 4 is 0 Å². The molecule has 1 fully saturated rings. The Morgan fingerprint density at radius 3 is 2.71 bits per heavy atom. The van der Waals surface area contributed by atoms with Crippen LogP contribution < -0.4 is 10.6 Å². The van der Waals surface area contributed by atoms with E-state index in [0.717, 1.165) is 32.3 Å². The molecule has 0 radical (unpaired) electrons. The van der Waals surface area contributed by atoms with E-state index in [1.54, 1.807) is 7.11 Å². The number of rotatable bonds is 9. The summed E-state index contributed by atoms with van der Waals surface area (Å²) >= 11 is 0. The normalized spacial score (nSPS) is 18.4. The van der Waals surface area contributed by atoms with Crippen molar-refractivity contribution in [2.45, 2.75) is 32.2 Å². The van der Waals surface area contributed by atoms with E-state index in [2.05, 4.69) is 17.6 Å². The molecule has 0 bridgehead atoms. The Kier molecular flexibility index (Phi) is 6.15. The molecule has 0 aromatic heterocycles. The molecule has 1 rings (SSSR count). The van der Waals surface area contributed by atoms with Crippen LogP contribution in [0.2, 0.25) is 0 Å². The Hall–Kier alpha value is -0.120. The minimum Gasteiger partial charge on any atom is -0.384 e. The third-order valence-electron chi connectivity index (χ3n) is 2.58. The Labute approximate surface area is 87.6 Å². The highest BCUT2D eigenvalue weighted by atomic mass is 16.5. The van der Waals surface area contributed by atoms with Crippen molar-refractivity contribution in [1.29, 1.82) is 0 Å². The van der Waals surface area contributed by atoms with Crippen LogP contribution in [0.15, 0.2) is 0 Å². The highest BCUT2D eigenvalue weighted by molar-refractivity contribution is 4.80. The number of nitrogens with one attached hydrogen (secondary N) is 2. The molecule has 0 aromatic carbocycles. The van der Waals surface area contributed by atoms with Gasteiger partial charge in [0.2, 0.25) is 0 Å². The molecule has 0 spiro atoms. The second-order valence-corrected chi connectivity index (χ2v) is 4.33. The summed E-state index contributed by atoms with van der Waals surface area (Å²) in [6.07, 6.45) is 3.97. The molecule has 0 amide bonds. The van der Waals surface area contributed by atoms with Crippen LogP contribution >= 0.6 is 0 Å². The van der Waals surface area contributed by atoms with Gasteiger partial charge < -0.3 is 15.4 Å². The third-order valence-corrected chi connectivity index (χ3v) is 2.58. The minimum absolute atomic E-state index is 0.670. The lowest BCUT2D eigenvalue weighted by Gasteiger charge is -2.10. The summed E-state index contributed by atoms with van der Waals surface area (Å²) in [5, 5.41) is 6.92. The molecule has 2 N–H and O–H groups in total. The first-order valence-electron chi connectivity index (χ1n) is 5.76. The van der Waals surface area contributed by atoms with Crippen LogP contribution in [0.1, 0.15) is 26.2 Å². The summed E-state index contributed by atoms with van der Waals surface area (Å²) in [5.74, 6) is 0.670. The standard InChI is InChI=1S/C11H24N2O/c1-10(9-14-2)5-6-12-7-8-13-11-3-4-11/h10-13H,3-9H2,1-2H3. The zero-order valence-corrected chi connectivity index (χ0v) is 9.51. The SMILES string of the molecule is COCC(C)CCNCCNC1CC1. The highest BCUT2D eigenvalue weighted by Crippen LogP contribution is 2.17. The van der Waals surface area contributed by atoms with Crippen molar-refractivity contribution in [3.05, 3.63) is 0 Å². The van der Waals surface area contributed by atoms with Gasteiger partial charge in [0.15, 0.2) is 0 Å². The van der Waals surface area contributed by atoms with Crippen molar-refractivity contribution in [3.63, 3.8) is 0 Å². The fourth-order valence-corrected chi connectivity index (χ4v) is 1.49. The molecule has 3 nitrogen and oxygen atoms in total. The lowest BCUT2D eigenvalue weighted by molar-refractivity contribution is 0.155. The van der Waals surface area contributed by atoms with Gasteiger partial charge in [0.25, 0.3) is 0 Å². The van der Waals surface area contributed by atoms with E-state index in [0.29, 0.717) is 5.92 Å². The second-order valence-electron chi connectivity index (χ2n) is 4.33. The summed E-state index contributed by atoms with van der Waals surface area (Å²) in [6.45, 7) is 6.42. The molecule has 14 heavy (non-hydrogen) atoms. The van der Waals surface area contributed by atoms with Gasteiger partial charge >= 0.3 is 0 Å². The number of methoxy groups -OCH3 is 1. The molecule has 1 aliphatic rings. The van der Waals surface area contributed by atoms with Gasteiger partial charge in [0, 0.05) is 32.8 Å². The summed E-state index contributed by atoms with van der Waals surface area (Å²) < 4.78 is 5.08. The molecule has 1 atom stereocenters. The molecule has 0 aliphatic heterocycles. The molecule has 1 saturated carbocycles. The first kappa shape index (κ1) is 12.0. The summed E-state index contributed by atoms with van der Waals surface area (Å²) in [4.78, 5) is 0. The van der Waals surface area contributed by atoms with Crippen LogP contribution in [-0.2, 0) is 4.74 Å². The summed E-state index contributed by atoms with van der Waals surface area (Å²) in [5.41, 5.74) is 0. The molecular formula is C11H24N2O. The smallest absolute Gasteiger partial charge is 0.0488 e. The molecule has 1 unspecified atom stereocenters. The third kappa shape index (κ3) is 6.35. The van der Waals surface area contributed by atoms with E-state index in [1.165, 1.54) is 19.3 Å². The van der Waals surface area contributed by atoms with Gasteiger partial charge in [0.1, 0.15) is 0 Å². The summed E-state index contributed by atoms with van der Waals surface area (Å²) in [7, 11) is 1.77. The van der Waals surface area contributed by atoms with E-state index in [9.17, 15) is 0 Å². The number of hydrogen-bond donors (Lipinski definition) is 2. The highest BCUT2D eigenvalue weighted by Gasteiger charge is 2.19. The van der Waals surface area contributed by atoms with Gasteiger partial charge in [-0.1, -0.05) is 6.92 Å². The Bertz CT molecular complexity index is 137. The van der Waals surface area contributed by atoms with Crippen LogP contribution in [0.4, 0.5) is 0 Å². The molecular weight excluding hydrogens is 176 g/mol. The van der Waals surface area contributed by atoms with Crippen LogP contribution in [-0.4, -0.2) is 39.4 Å². The predicted octanol–water partition coefficient (Wildman–Crippen LogP) is 1.00. The zero-order valence-electron chi connectivity index (χ0n) is 9.51. The topological polar surface area (TPSA) is 33.3 Å². The quantitative estimate of drug-likeness (QED) is 0.545. The zero-order chi connectivity index (χ0) is 10.2. The lowest BCUT2D eigenvalue weighted by Crippen LogP contribution is -2.29. The fraction of sp³-hybridized carbons (Fsp3) is 1.00. The monoisotopic (exact) mass is 200 g/mol. The molecule has 3 heteroatoms. The average molecular weight is 200 g/mol. The van der Waals surface area contributed by atoms with Gasteiger partial charge in [-0.05, 0) is 31.7 Å². The Morgan fingerprint density at radius 2 is 2.07 bits per heavy atom. The number of ether oxygens (including phenoxy) is 1. The van der Waals surface area contributed by atoms with Gasteiger partial charge in [-0.15, -0.1) is 0 Å². The molecule has 0 aromatic rings. The molecule has 1 aliphatic carbocycles. The van der Waals surface area contributed by atoms with E-state index in [1.807, 2.05) is 0 Å². The first-order valence-corrected chi connectivity index (χ1v) is 5.76. The van der Waals surface area contributed by atoms with Crippen molar-refractivity contribution in [1.82, 2.24) is 10.6 Å². The van der Waals surface area contributed by atoms with Gasteiger partial charge in [-0.2, -0.15) is 0 Å². The Morgan fingerprint density at radius 1 is 1.29 bits per heavy atom. The maximum atomic E-state index is 5.08. The largest absolute Gasteiger partial charge is 0.384 e. The van der Waals surface area contributed by atoms with Crippen molar-refractivity contribution < 1.29 is 4.74 Å². The molecule has 0 saturated heterocycles. The van der Waals surface area contributed by atoms with E-state index in [-0.39, 0.29) is 0 Å². The van der Waals surface area contributed by atoms with Gasteiger partial charge in [0.05, 0.1) is 0 Å².